The van der Waals surface area contributed by atoms with Crippen molar-refractivity contribution in [2.24, 2.45) is 17.8 Å². The maximum Gasteiger partial charge on any atom is 0.335 e. The molecule has 2 amide bonds. The molecule has 1 unspecified atom stereocenters. The molecule has 4 atom stereocenters. The summed E-state index contributed by atoms with van der Waals surface area (Å²) in [5.74, 6) is -6.46. The number of carbonyl (C=O) groups excluding carboxylic acids is 2. The van der Waals surface area contributed by atoms with Crippen LogP contribution in [0.3, 0.4) is 0 Å². The van der Waals surface area contributed by atoms with Gasteiger partial charge < -0.3 is 58.4 Å². The number of carboxylic acid groups (broad SMARTS) is 3. The van der Waals surface area contributed by atoms with E-state index < -0.39 is 41.8 Å². The van der Waals surface area contributed by atoms with Crippen LogP contribution in [0.15, 0.2) is 260 Å². The first-order valence-electron chi connectivity index (χ1n) is 45.2. The lowest BCUT2D eigenvalue weighted by Gasteiger charge is -2.27. The Morgan fingerprint density at radius 1 is 0.348 bits per heavy atom. The van der Waals surface area contributed by atoms with Gasteiger partial charge in [0, 0.05) is 117 Å². The number of carbonyl (C=O) groups is 5. The van der Waals surface area contributed by atoms with Crippen molar-refractivity contribution >= 4 is 86.0 Å². The minimum atomic E-state index is -1.06. The summed E-state index contributed by atoms with van der Waals surface area (Å²) in [5, 5.41) is 31.7. The molecule has 0 bridgehead atoms. The fraction of sp³-hybridized carbons (Fsp3) is 0.300. The minimum absolute atomic E-state index is 0.00112. The number of hydrogen-bond donors (Lipinski definition) is 3. The van der Waals surface area contributed by atoms with Crippen molar-refractivity contribution in [1.82, 2.24) is 87.2 Å². The van der Waals surface area contributed by atoms with E-state index in [4.69, 9.17) is 28.4 Å². The smallest absolute Gasteiger partial charge is 0.335 e. The van der Waals surface area contributed by atoms with E-state index in [0.29, 0.717) is 119 Å². The second-order valence-corrected chi connectivity index (χ2v) is 32.2. The molecule has 38 nitrogen and oxygen atoms in total. The monoisotopic (exact) mass is 1870 g/mol. The first-order valence-corrected chi connectivity index (χ1v) is 45.2. The molecular weight excluding hydrogens is 1770 g/mol. The van der Waals surface area contributed by atoms with Crippen molar-refractivity contribution in [2.45, 2.75) is 85.0 Å². The highest BCUT2D eigenvalue weighted by Crippen LogP contribution is 2.32. The molecule has 38 heteroatoms. The summed E-state index contributed by atoms with van der Waals surface area (Å²) in [4.78, 5) is 166. The number of amides is 2. The van der Waals surface area contributed by atoms with Crippen molar-refractivity contribution in [3.63, 3.8) is 0 Å². The first-order chi connectivity index (χ1) is 67.4. The number of aromatic nitrogens is 18. The Hall–Kier alpha value is -15.7. The molecule has 0 saturated carbocycles. The van der Waals surface area contributed by atoms with E-state index in [0.717, 1.165) is 11.1 Å². The molecule has 0 aliphatic carbocycles. The molecule has 15 aromatic rings. The van der Waals surface area contributed by atoms with Crippen LogP contribution in [-0.2, 0) is 101 Å². The number of fused-ring (bicyclic) bond motifs is 3. The van der Waals surface area contributed by atoms with E-state index in [9.17, 15) is 53.7 Å². The molecule has 0 fully saturated rings. The molecule has 3 aromatic carbocycles. The van der Waals surface area contributed by atoms with Crippen LogP contribution in [0.4, 0.5) is 17.1 Å². The lowest BCUT2D eigenvalue weighted by atomic mass is 9.94. The predicted molar refractivity (Wildman–Crippen MR) is 511 cm³/mol. The number of aliphatic carboxylic acids is 3. The molecule has 3 N–H and O–H groups in total. The Kier molecular flexibility index (Phi) is 32.9. The number of nitrogens with zero attached hydrogens (tertiary/aromatic N) is 21. The molecule has 0 radical (unpaired) electrons. The van der Waals surface area contributed by atoms with Crippen LogP contribution in [0.25, 0.3) is 56.3 Å². The fourth-order valence-corrected chi connectivity index (χ4v) is 16.6. The zero-order valence-corrected chi connectivity index (χ0v) is 76.2. The summed E-state index contributed by atoms with van der Waals surface area (Å²) in [6.45, 7) is 12.7. The molecule has 0 aliphatic heterocycles. The lowest BCUT2D eigenvalue weighted by molar-refractivity contribution is -0.142. The third-order valence-electron chi connectivity index (χ3n) is 23.6. The third-order valence-corrected chi connectivity index (χ3v) is 23.6. The number of ether oxygens (including phenoxy) is 6. The van der Waals surface area contributed by atoms with Gasteiger partial charge in [-0.3, -0.25) is 52.6 Å². The van der Waals surface area contributed by atoms with Gasteiger partial charge in [-0.2, -0.15) is 0 Å². The summed E-state index contributed by atoms with van der Waals surface area (Å²) in [6.07, 6.45) is 22.9. The highest BCUT2D eigenvalue weighted by atomic mass is 16.6. The van der Waals surface area contributed by atoms with Gasteiger partial charge in [0.15, 0.2) is 16.9 Å². The zero-order valence-electron chi connectivity index (χ0n) is 76.2. The van der Waals surface area contributed by atoms with Gasteiger partial charge in [0.1, 0.15) is 25.1 Å². The van der Waals surface area contributed by atoms with E-state index in [1.54, 1.807) is 172 Å². The van der Waals surface area contributed by atoms with E-state index in [-0.39, 0.29) is 173 Å². The van der Waals surface area contributed by atoms with E-state index >= 15 is 0 Å². The normalized spacial score (nSPS) is 12.4. The number of pyridine rings is 6. The van der Waals surface area contributed by atoms with Crippen molar-refractivity contribution < 1.29 is 67.7 Å². The molecule has 12 aromatic heterocycles. The number of imidazole rings is 3. The van der Waals surface area contributed by atoms with Crippen LogP contribution < -0.4 is 31.8 Å². The van der Waals surface area contributed by atoms with Crippen LogP contribution in [-0.4, -0.2) is 231 Å². The summed E-state index contributed by atoms with van der Waals surface area (Å²) in [6, 6.07) is 42.0. The zero-order chi connectivity index (χ0) is 96.4. The number of carboxylic acids is 3. The van der Waals surface area contributed by atoms with Gasteiger partial charge in [-0.25, -0.2) is 72.9 Å². The van der Waals surface area contributed by atoms with Gasteiger partial charge in [0.05, 0.1) is 196 Å². The Morgan fingerprint density at radius 2 is 0.652 bits per heavy atom. The number of benzene rings is 3. The predicted octanol–water partition coefficient (Wildman–Crippen LogP) is 9.90. The summed E-state index contributed by atoms with van der Waals surface area (Å²) in [7, 11) is 0. The van der Waals surface area contributed by atoms with Crippen LogP contribution in [0.2, 0.25) is 0 Å². The number of rotatable bonds is 51. The Bertz CT molecular complexity index is 6630. The van der Waals surface area contributed by atoms with Crippen molar-refractivity contribution in [1.29, 1.82) is 0 Å². The summed E-state index contributed by atoms with van der Waals surface area (Å²) >= 11 is 0. The Balaban J connectivity index is 0.561. The van der Waals surface area contributed by atoms with E-state index in [1.807, 2.05) is 49.9 Å². The van der Waals surface area contributed by atoms with Gasteiger partial charge >= 0.3 is 35.0 Å². The maximum absolute atomic E-state index is 14.5. The molecule has 138 heavy (non-hydrogen) atoms. The summed E-state index contributed by atoms with van der Waals surface area (Å²) < 4.78 is 46.2. The topological polar surface area (TPSA) is 447 Å². The summed E-state index contributed by atoms with van der Waals surface area (Å²) in [5.41, 5.74) is 10.6. The van der Waals surface area contributed by atoms with Crippen LogP contribution in [0.5, 0.6) is 0 Å². The Morgan fingerprint density at radius 3 is 0.971 bits per heavy atom. The third kappa shape index (κ3) is 23.2. The van der Waals surface area contributed by atoms with E-state index in [2.05, 4.69) is 66.4 Å². The largest absolute Gasteiger partial charge is 0.481 e. The standard InChI is InChI=1S/C100H103N21O17/c1-5-113(67(4)71-26-35-101-36-27-71)87-59-104-64-110-81(87)56-74(95(124)125)53-68-14-20-77(21-15-68)119-90-84(11-8-32-107-90)116(98(119)130)41-44-133-47-49-136-62-80(138-52-51-135-46-43-118-86-13-10-34-109-92(86)121(100(118)132)79-24-18-70(19-25-79)55-76(97(128)129)58-83-89(61-106-66-112-83)115(7-3)94(123)73-30-39-103-40-31-73)63-137-50-48-134-45-42-117-85-12-9-33-108-91(85)120(99(117)131)78-22-16-69(17-23-78)54-75(96(126)127)57-82-88(60-105-65-111-82)114(6-2)93(122)72-28-37-102-38-29-72/h8-40,59-61,64-66,74-76,80H,4-7,41-58,62-63H2,1-3H3,(H,124,125)(H,126,127)(H,128,129)/t74-,75-,76-,80?/m1/s1. The highest BCUT2D eigenvalue weighted by molar-refractivity contribution is 6.07. The van der Waals surface area contributed by atoms with Gasteiger partial charge in [-0.05, 0) is 166 Å². The second-order valence-electron chi connectivity index (χ2n) is 32.2. The molecule has 12 heterocycles. The van der Waals surface area contributed by atoms with Crippen LogP contribution >= 0.6 is 0 Å². The first kappa shape index (κ1) is 96.8. The number of anilines is 3. The minimum Gasteiger partial charge on any atom is -0.481 e. The molecular formula is C100H103N21O17. The fourth-order valence-electron chi connectivity index (χ4n) is 16.6. The average Bonchev–Trinajstić information content (AvgIpc) is 1.62. The average molecular weight is 1870 g/mol. The SMILES string of the molecule is C=C(c1ccncc1)N(CC)c1cncnc1C[C@@H](Cc1ccc(-n2c(=O)n(CCOCCOCC(COCCOCCn3c(=O)n(-c4ccc(C[C@H](Cc5ncncc5N(CC)C(=O)c5ccncc5)C(=O)O)cc4)c4ncccc43)OCCOCCn3c(=O)n(-c4ccc(C[C@H](Cc5ncncc5N(CC)C(=O)c5ccncc5)C(=O)O)cc4)c4ncccc43)c3cccnc32)cc1)C(=O)O. The maximum atomic E-state index is 14.5. The van der Waals surface area contributed by atoms with Gasteiger partial charge in [0.2, 0.25) is 0 Å². The Labute approximate surface area is 791 Å². The van der Waals surface area contributed by atoms with Gasteiger partial charge in [-0.15, -0.1) is 0 Å². The van der Waals surface area contributed by atoms with Crippen molar-refractivity contribution in [3.8, 4) is 17.1 Å². The van der Waals surface area contributed by atoms with Crippen molar-refractivity contribution in [3.05, 3.63) is 327 Å². The van der Waals surface area contributed by atoms with Crippen molar-refractivity contribution in [2.75, 3.05) is 107 Å². The molecule has 15 rings (SSSR count). The molecule has 0 spiro atoms. The number of hydrogen-bond acceptors (Lipinski definition) is 27. The lowest BCUT2D eigenvalue weighted by Crippen LogP contribution is -2.32. The van der Waals surface area contributed by atoms with Crippen LogP contribution in [0, 0.1) is 17.8 Å². The van der Waals surface area contributed by atoms with E-state index in [1.165, 1.54) is 79.7 Å². The van der Waals surface area contributed by atoms with Gasteiger partial charge in [0.25, 0.3) is 11.8 Å². The molecule has 0 aliphatic rings. The molecule has 710 valence electrons. The molecule has 0 saturated heterocycles. The quantitative estimate of drug-likeness (QED) is 0.0298. The second kappa shape index (κ2) is 47.0. The van der Waals surface area contributed by atoms with Crippen LogP contribution in [0.1, 0.15) is 80.8 Å². The van der Waals surface area contributed by atoms with Gasteiger partial charge in [-0.1, -0.05) is 43.0 Å². The highest BCUT2D eigenvalue weighted by Gasteiger charge is 2.31.